The summed E-state index contributed by atoms with van der Waals surface area (Å²) >= 11 is 2.94. The van der Waals surface area contributed by atoms with Crippen molar-refractivity contribution in [2.24, 2.45) is 0 Å². The van der Waals surface area contributed by atoms with E-state index in [1.807, 2.05) is 0 Å². The minimum absolute atomic E-state index is 0.196. The standard InChI is InChI=1S/C14H17BrF2N2O2/c1-14(2,3)18-11(20)7-19(4)13(21)12-9(16)5-8(15)6-10(12)17/h5-6H,7H2,1-4H3,(H,18,20). The molecule has 0 bridgehead atoms. The Labute approximate surface area is 130 Å². The Morgan fingerprint density at radius 1 is 1.24 bits per heavy atom. The fourth-order valence-electron chi connectivity index (χ4n) is 1.68. The first kappa shape index (κ1) is 17.6. The molecule has 0 spiro atoms. The number of benzene rings is 1. The van der Waals surface area contributed by atoms with Gasteiger partial charge in [0.1, 0.15) is 17.2 Å². The van der Waals surface area contributed by atoms with Gasteiger partial charge in [-0.05, 0) is 32.9 Å². The van der Waals surface area contributed by atoms with E-state index in [-0.39, 0.29) is 11.0 Å². The Bertz CT molecular complexity index is 548. The quantitative estimate of drug-likeness (QED) is 0.898. The molecule has 0 saturated carbocycles. The molecule has 7 heteroatoms. The molecule has 0 unspecified atom stereocenters. The van der Waals surface area contributed by atoms with Gasteiger partial charge in [0.15, 0.2) is 0 Å². The number of likely N-dealkylation sites (N-methyl/N-ethyl adjacent to an activating group) is 1. The van der Waals surface area contributed by atoms with Gasteiger partial charge >= 0.3 is 0 Å². The maximum absolute atomic E-state index is 13.7. The van der Waals surface area contributed by atoms with Crippen molar-refractivity contribution in [3.05, 3.63) is 33.8 Å². The first-order chi connectivity index (χ1) is 9.51. The Morgan fingerprint density at radius 3 is 2.14 bits per heavy atom. The predicted octanol–water partition coefficient (Wildman–Crippen LogP) is 2.71. The molecule has 0 aliphatic rings. The lowest BCUT2D eigenvalue weighted by atomic mass is 10.1. The van der Waals surface area contributed by atoms with Gasteiger partial charge in [-0.1, -0.05) is 15.9 Å². The summed E-state index contributed by atoms with van der Waals surface area (Å²) in [5, 5.41) is 2.67. The molecule has 1 aromatic carbocycles. The molecule has 0 aliphatic heterocycles. The topological polar surface area (TPSA) is 49.4 Å². The summed E-state index contributed by atoms with van der Waals surface area (Å²) in [6.45, 7) is 5.09. The summed E-state index contributed by atoms with van der Waals surface area (Å²) < 4.78 is 27.6. The van der Waals surface area contributed by atoms with Gasteiger partial charge in [0.2, 0.25) is 5.91 Å². The molecule has 0 aliphatic carbocycles. The molecule has 1 N–H and O–H groups in total. The van der Waals surface area contributed by atoms with Gasteiger partial charge in [-0.25, -0.2) is 8.78 Å². The number of hydrogen-bond donors (Lipinski definition) is 1. The molecule has 2 amide bonds. The molecule has 0 radical (unpaired) electrons. The van der Waals surface area contributed by atoms with Crippen molar-refractivity contribution in [3.63, 3.8) is 0 Å². The number of nitrogens with one attached hydrogen (secondary N) is 1. The van der Waals surface area contributed by atoms with E-state index >= 15 is 0 Å². The van der Waals surface area contributed by atoms with Crippen molar-refractivity contribution in [1.82, 2.24) is 10.2 Å². The smallest absolute Gasteiger partial charge is 0.260 e. The third kappa shape index (κ3) is 5.08. The Hall–Kier alpha value is -1.50. The van der Waals surface area contributed by atoms with Crippen LogP contribution in [0.25, 0.3) is 0 Å². The largest absolute Gasteiger partial charge is 0.350 e. The second-order valence-electron chi connectivity index (χ2n) is 5.70. The van der Waals surface area contributed by atoms with Gasteiger partial charge in [0.25, 0.3) is 5.91 Å². The fourth-order valence-corrected chi connectivity index (χ4v) is 2.08. The number of halogens is 3. The SMILES string of the molecule is CN(CC(=O)NC(C)(C)C)C(=O)c1c(F)cc(Br)cc1F. The maximum Gasteiger partial charge on any atom is 0.260 e. The van der Waals surface area contributed by atoms with Crippen molar-refractivity contribution < 1.29 is 18.4 Å². The number of nitrogens with zero attached hydrogens (tertiary/aromatic N) is 1. The van der Waals surface area contributed by atoms with Crippen LogP contribution in [0.2, 0.25) is 0 Å². The van der Waals surface area contributed by atoms with E-state index in [4.69, 9.17) is 0 Å². The summed E-state index contributed by atoms with van der Waals surface area (Å²) in [6.07, 6.45) is 0. The van der Waals surface area contributed by atoms with Gasteiger partial charge in [-0.3, -0.25) is 9.59 Å². The second kappa shape index (κ2) is 6.51. The second-order valence-corrected chi connectivity index (χ2v) is 6.62. The number of hydrogen-bond acceptors (Lipinski definition) is 2. The van der Waals surface area contributed by atoms with E-state index < -0.39 is 34.6 Å². The van der Waals surface area contributed by atoms with Gasteiger partial charge in [0.05, 0.1) is 6.54 Å². The fraction of sp³-hybridized carbons (Fsp3) is 0.429. The molecule has 0 aromatic heterocycles. The van der Waals surface area contributed by atoms with Crippen molar-refractivity contribution in [1.29, 1.82) is 0 Å². The van der Waals surface area contributed by atoms with Crippen LogP contribution in [0, 0.1) is 11.6 Å². The van der Waals surface area contributed by atoms with Crippen LogP contribution in [0.1, 0.15) is 31.1 Å². The van der Waals surface area contributed by atoms with E-state index in [9.17, 15) is 18.4 Å². The first-order valence-corrected chi connectivity index (χ1v) is 7.01. The Morgan fingerprint density at radius 2 is 1.71 bits per heavy atom. The van der Waals surface area contributed by atoms with Crippen LogP contribution in [0.4, 0.5) is 8.78 Å². The summed E-state index contributed by atoms with van der Waals surface area (Å²) in [6, 6.07) is 2.00. The van der Waals surface area contributed by atoms with Crippen molar-refractivity contribution >= 4 is 27.7 Å². The molecule has 0 fully saturated rings. The number of rotatable bonds is 3. The molecule has 0 atom stereocenters. The maximum atomic E-state index is 13.7. The highest BCUT2D eigenvalue weighted by molar-refractivity contribution is 9.10. The summed E-state index contributed by atoms with van der Waals surface area (Å²) in [7, 11) is 1.31. The monoisotopic (exact) mass is 362 g/mol. The average molecular weight is 363 g/mol. The average Bonchev–Trinajstić information content (AvgIpc) is 2.24. The molecule has 1 aromatic rings. The normalized spacial score (nSPS) is 11.2. The summed E-state index contributed by atoms with van der Waals surface area (Å²) in [5.41, 5.74) is -1.13. The van der Waals surface area contributed by atoms with E-state index in [0.717, 1.165) is 17.0 Å². The number of carbonyl (C=O) groups excluding carboxylic acids is 2. The van der Waals surface area contributed by atoms with Crippen LogP contribution in [-0.4, -0.2) is 35.8 Å². The van der Waals surface area contributed by atoms with Gasteiger partial charge in [0, 0.05) is 17.1 Å². The zero-order chi connectivity index (χ0) is 16.4. The highest BCUT2D eigenvalue weighted by atomic mass is 79.9. The first-order valence-electron chi connectivity index (χ1n) is 6.22. The zero-order valence-corrected chi connectivity index (χ0v) is 13.8. The molecule has 116 valence electrons. The number of amides is 2. The van der Waals surface area contributed by atoms with Crippen molar-refractivity contribution in [2.75, 3.05) is 13.6 Å². The Balaban J connectivity index is 2.87. The molecular formula is C14H17BrF2N2O2. The highest BCUT2D eigenvalue weighted by Gasteiger charge is 2.24. The highest BCUT2D eigenvalue weighted by Crippen LogP contribution is 2.20. The molecular weight excluding hydrogens is 346 g/mol. The van der Waals surface area contributed by atoms with Crippen LogP contribution in [-0.2, 0) is 4.79 Å². The van der Waals surface area contributed by atoms with Crippen LogP contribution < -0.4 is 5.32 Å². The van der Waals surface area contributed by atoms with E-state index in [2.05, 4.69) is 21.2 Å². The molecule has 0 heterocycles. The summed E-state index contributed by atoms with van der Waals surface area (Å²) in [5.74, 6) is -3.25. The molecule has 0 saturated heterocycles. The van der Waals surface area contributed by atoms with Crippen LogP contribution in [0.15, 0.2) is 16.6 Å². The minimum atomic E-state index is -0.977. The lowest BCUT2D eigenvalue weighted by Crippen LogP contribution is -2.46. The van der Waals surface area contributed by atoms with E-state index in [1.54, 1.807) is 20.8 Å². The Kier molecular flexibility index (Phi) is 5.44. The number of carbonyl (C=O) groups is 2. The third-order valence-corrected chi connectivity index (χ3v) is 2.92. The van der Waals surface area contributed by atoms with E-state index in [0.29, 0.717) is 0 Å². The van der Waals surface area contributed by atoms with Crippen molar-refractivity contribution in [3.8, 4) is 0 Å². The van der Waals surface area contributed by atoms with Gasteiger partial charge in [-0.2, -0.15) is 0 Å². The van der Waals surface area contributed by atoms with Crippen LogP contribution in [0.3, 0.4) is 0 Å². The third-order valence-electron chi connectivity index (χ3n) is 2.46. The van der Waals surface area contributed by atoms with Gasteiger partial charge in [-0.15, -0.1) is 0 Å². The molecule has 4 nitrogen and oxygen atoms in total. The zero-order valence-electron chi connectivity index (χ0n) is 12.3. The molecule has 1 rings (SSSR count). The lowest BCUT2D eigenvalue weighted by molar-refractivity contribution is -0.122. The predicted molar refractivity (Wildman–Crippen MR) is 78.9 cm³/mol. The van der Waals surface area contributed by atoms with E-state index in [1.165, 1.54) is 7.05 Å². The lowest BCUT2D eigenvalue weighted by Gasteiger charge is -2.23. The van der Waals surface area contributed by atoms with Crippen LogP contribution in [0.5, 0.6) is 0 Å². The van der Waals surface area contributed by atoms with Crippen LogP contribution >= 0.6 is 15.9 Å². The van der Waals surface area contributed by atoms with Crippen molar-refractivity contribution in [2.45, 2.75) is 26.3 Å². The molecule has 21 heavy (non-hydrogen) atoms. The minimum Gasteiger partial charge on any atom is -0.350 e. The summed E-state index contributed by atoms with van der Waals surface area (Å²) in [4.78, 5) is 24.7. The van der Waals surface area contributed by atoms with Gasteiger partial charge < -0.3 is 10.2 Å².